The predicted molar refractivity (Wildman–Crippen MR) is 65.5 cm³/mol. The minimum atomic E-state index is 0.704. The van der Waals surface area contributed by atoms with Gasteiger partial charge < -0.3 is 4.74 Å². The van der Waals surface area contributed by atoms with Gasteiger partial charge >= 0.3 is 0 Å². The SMILES string of the molecule is C/C(=C\OCCC(C)C)c1ccccc1. The van der Waals surface area contributed by atoms with E-state index in [1.54, 1.807) is 0 Å². The number of ether oxygens (including phenoxy) is 1. The topological polar surface area (TPSA) is 9.23 Å². The molecule has 0 saturated heterocycles. The third-order valence-corrected chi connectivity index (χ3v) is 2.30. The van der Waals surface area contributed by atoms with Gasteiger partial charge in [-0.1, -0.05) is 44.2 Å². The monoisotopic (exact) mass is 204 g/mol. The molecule has 0 radical (unpaired) electrons. The Morgan fingerprint density at radius 1 is 1.27 bits per heavy atom. The van der Waals surface area contributed by atoms with Gasteiger partial charge in [-0.15, -0.1) is 0 Å². The molecule has 0 aromatic heterocycles. The van der Waals surface area contributed by atoms with Crippen molar-refractivity contribution in [3.05, 3.63) is 42.2 Å². The Labute approximate surface area is 92.8 Å². The molecule has 0 aliphatic rings. The van der Waals surface area contributed by atoms with E-state index in [2.05, 4.69) is 32.9 Å². The van der Waals surface area contributed by atoms with E-state index >= 15 is 0 Å². The van der Waals surface area contributed by atoms with Gasteiger partial charge in [0, 0.05) is 0 Å². The molecule has 1 heteroatoms. The minimum absolute atomic E-state index is 0.704. The van der Waals surface area contributed by atoms with Crippen LogP contribution in [-0.4, -0.2) is 6.61 Å². The lowest BCUT2D eigenvalue weighted by molar-refractivity contribution is 0.230. The number of hydrogen-bond donors (Lipinski definition) is 0. The first kappa shape index (κ1) is 11.8. The van der Waals surface area contributed by atoms with Crippen molar-refractivity contribution in [1.82, 2.24) is 0 Å². The summed E-state index contributed by atoms with van der Waals surface area (Å²) in [6, 6.07) is 10.3. The molecule has 1 rings (SSSR count). The molecule has 0 atom stereocenters. The summed E-state index contributed by atoms with van der Waals surface area (Å²) >= 11 is 0. The molecule has 1 nitrogen and oxygen atoms in total. The van der Waals surface area contributed by atoms with Crippen LogP contribution in [0, 0.1) is 5.92 Å². The summed E-state index contributed by atoms with van der Waals surface area (Å²) in [5.74, 6) is 0.704. The molecule has 0 N–H and O–H groups in total. The third-order valence-electron chi connectivity index (χ3n) is 2.30. The number of hydrogen-bond acceptors (Lipinski definition) is 1. The average Bonchev–Trinajstić information content (AvgIpc) is 2.25. The zero-order valence-electron chi connectivity index (χ0n) is 9.86. The number of rotatable bonds is 5. The molecule has 0 spiro atoms. The Kier molecular flexibility index (Phi) is 4.96. The van der Waals surface area contributed by atoms with Gasteiger partial charge in [0.25, 0.3) is 0 Å². The van der Waals surface area contributed by atoms with Gasteiger partial charge in [-0.05, 0) is 30.4 Å². The first-order chi connectivity index (χ1) is 7.20. The van der Waals surface area contributed by atoms with E-state index in [9.17, 15) is 0 Å². The van der Waals surface area contributed by atoms with Crippen LogP contribution in [0.4, 0.5) is 0 Å². The standard InChI is InChI=1S/C14H20O/c1-12(2)9-10-15-11-13(3)14-7-5-4-6-8-14/h4-8,11-12H,9-10H2,1-3H3/b13-11+. The largest absolute Gasteiger partial charge is 0.501 e. The lowest BCUT2D eigenvalue weighted by Gasteiger charge is -2.05. The highest BCUT2D eigenvalue weighted by molar-refractivity contribution is 5.62. The second-order valence-corrected chi connectivity index (χ2v) is 4.22. The van der Waals surface area contributed by atoms with Gasteiger partial charge in [-0.3, -0.25) is 0 Å². The van der Waals surface area contributed by atoms with Crippen molar-refractivity contribution in [2.45, 2.75) is 27.2 Å². The lowest BCUT2D eigenvalue weighted by Crippen LogP contribution is -1.94. The molecule has 1 aromatic rings. The maximum absolute atomic E-state index is 5.50. The highest BCUT2D eigenvalue weighted by Crippen LogP contribution is 2.12. The van der Waals surface area contributed by atoms with Crippen molar-refractivity contribution < 1.29 is 4.74 Å². The first-order valence-electron chi connectivity index (χ1n) is 5.54. The molecular formula is C14H20O. The van der Waals surface area contributed by atoms with Crippen LogP contribution in [0.1, 0.15) is 32.8 Å². The van der Waals surface area contributed by atoms with E-state index < -0.39 is 0 Å². The van der Waals surface area contributed by atoms with Crippen molar-refractivity contribution in [2.24, 2.45) is 5.92 Å². The zero-order valence-corrected chi connectivity index (χ0v) is 9.86. The summed E-state index contributed by atoms with van der Waals surface area (Å²) in [7, 11) is 0. The van der Waals surface area contributed by atoms with E-state index in [-0.39, 0.29) is 0 Å². The second-order valence-electron chi connectivity index (χ2n) is 4.22. The van der Waals surface area contributed by atoms with Crippen LogP contribution in [0.15, 0.2) is 36.6 Å². The second kappa shape index (κ2) is 6.28. The first-order valence-corrected chi connectivity index (χ1v) is 5.54. The Bertz CT molecular complexity index is 298. The van der Waals surface area contributed by atoms with Crippen molar-refractivity contribution >= 4 is 5.57 Å². The predicted octanol–water partition coefficient (Wildman–Crippen LogP) is 4.11. The van der Waals surface area contributed by atoms with Gasteiger partial charge in [0.15, 0.2) is 0 Å². The maximum atomic E-state index is 5.50. The van der Waals surface area contributed by atoms with Crippen molar-refractivity contribution in [1.29, 1.82) is 0 Å². The Morgan fingerprint density at radius 3 is 2.53 bits per heavy atom. The third kappa shape index (κ3) is 4.68. The summed E-state index contributed by atoms with van der Waals surface area (Å²) in [5, 5.41) is 0. The Hall–Kier alpha value is -1.24. The molecule has 0 aliphatic carbocycles. The van der Waals surface area contributed by atoms with Crippen LogP contribution in [-0.2, 0) is 4.74 Å². The van der Waals surface area contributed by atoms with Gasteiger partial charge in [-0.25, -0.2) is 0 Å². The van der Waals surface area contributed by atoms with Gasteiger partial charge in [0.1, 0.15) is 0 Å². The molecule has 0 fully saturated rings. The summed E-state index contributed by atoms with van der Waals surface area (Å²) in [6.45, 7) is 7.29. The fraction of sp³-hybridized carbons (Fsp3) is 0.429. The normalized spacial score (nSPS) is 11.9. The fourth-order valence-corrected chi connectivity index (χ4v) is 1.26. The molecule has 0 unspecified atom stereocenters. The Morgan fingerprint density at radius 2 is 1.93 bits per heavy atom. The van der Waals surface area contributed by atoms with Crippen molar-refractivity contribution in [2.75, 3.05) is 6.61 Å². The van der Waals surface area contributed by atoms with E-state index in [4.69, 9.17) is 4.74 Å². The summed E-state index contributed by atoms with van der Waals surface area (Å²) in [4.78, 5) is 0. The molecule has 0 amide bonds. The van der Waals surface area contributed by atoms with Crippen LogP contribution in [0.25, 0.3) is 5.57 Å². The molecular weight excluding hydrogens is 184 g/mol. The zero-order chi connectivity index (χ0) is 11.1. The number of allylic oxidation sites excluding steroid dienone is 1. The minimum Gasteiger partial charge on any atom is -0.501 e. The van der Waals surface area contributed by atoms with Gasteiger partial charge in [-0.2, -0.15) is 0 Å². The molecule has 0 heterocycles. The van der Waals surface area contributed by atoms with E-state index in [1.807, 2.05) is 24.5 Å². The van der Waals surface area contributed by atoms with Crippen LogP contribution < -0.4 is 0 Å². The van der Waals surface area contributed by atoms with Crippen LogP contribution in [0.5, 0.6) is 0 Å². The molecule has 82 valence electrons. The van der Waals surface area contributed by atoms with Crippen LogP contribution in [0.2, 0.25) is 0 Å². The highest BCUT2D eigenvalue weighted by atomic mass is 16.5. The van der Waals surface area contributed by atoms with Crippen molar-refractivity contribution in [3.8, 4) is 0 Å². The van der Waals surface area contributed by atoms with E-state index in [1.165, 1.54) is 11.1 Å². The maximum Gasteiger partial charge on any atom is 0.0875 e. The molecule has 0 bridgehead atoms. The smallest absolute Gasteiger partial charge is 0.0875 e. The fourth-order valence-electron chi connectivity index (χ4n) is 1.26. The molecule has 0 saturated carbocycles. The van der Waals surface area contributed by atoms with Crippen LogP contribution in [0.3, 0.4) is 0 Å². The summed E-state index contributed by atoms with van der Waals surface area (Å²) in [5.41, 5.74) is 2.40. The average molecular weight is 204 g/mol. The molecule has 15 heavy (non-hydrogen) atoms. The molecule has 0 aliphatic heterocycles. The highest BCUT2D eigenvalue weighted by Gasteiger charge is 1.95. The quantitative estimate of drug-likeness (QED) is 0.518. The summed E-state index contributed by atoms with van der Waals surface area (Å²) in [6.07, 6.45) is 2.97. The van der Waals surface area contributed by atoms with E-state index in [0.717, 1.165) is 13.0 Å². The van der Waals surface area contributed by atoms with E-state index in [0.29, 0.717) is 5.92 Å². The molecule has 1 aromatic carbocycles. The lowest BCUT2D eigenvalue weighted by atomic mass is 10.1. The van der Waals surface area contributed by atoms with Gasteiger partial charge in [0.05, 0.1) is 12.9 Å². The van der Waals surface area contributed by atoms with Crippen LogP contribution >= 0.6 is 0 Å². The van der Waals surface area contributed by atoms with Gasteiger partial charge in [0.2, 0.25) is 0 Å². The van der Waals surface area contributed by atoms with Crippen molar-refractivity contribution in [3.63, 3.8) is 0 Å². The Balaban J connectivity index is 2.40. The number of benzene rings is 1. The summed E-state index contributed by atoms with van der Waals surface area (Å²) < 4.78 is 5.50.